The first-order valence-corrected chi connectivity index (χ1v) is 7.07. The molecular formula is C16H14FNO4. The van der Waals surface area contributed by atoms with Gasteiger partial charge < -0.3 is 9.84 Å². The number of imide groups is 1. The van der Waals surface area contributed by atoms with Crippen molar-refractivity contribution in [3.8, 4) is 0 Å². The summed E-state index contributed by atoms with van der Waals surface area (Å²) in [5.74, 6) is -2.63. The number of rotatable bonds is 2. The summed E-state index contributed by atoms with van der Waals surface area (Å²) in [4.78, 5) is 26.6. The van der Waals surface area contributed by atoms with Gasteiger partial charge in [0.2, 0.25) is 11.8 Å². The van der Waals surface area contributed by atoms with E-state index in [1.807, 2.05) is 0 Å². The Morgan fingerprint density at radius 1 is 1.18 bits per heavy atom. The van der Waals surface area contributed by atoms with Crippen LogP contribution >= 0.6 is 0 Å². The predicted octanol–water partition coefficient (Wildman–Crippen LogP) is 1.02. The Kier molecular flexibility index (Phi) is 2.49. The lowest BCUT2D eigenvalue weighted by atomic mass is 9.73. The van der Waals surface area contributed by atoms with Crippen LogP contribution in [0.4, 0.5) is 10.1 Å². The number of carbonyl (C=O) groups excluding carboxylic acids is 2. The van der Waals surface area contributed by atoms with Crippen molar-refractivity contribution in [1.29, 1.82) is 0 Å². The quantitative estimate of drug-likeness (QED) is 0.654. The van der Waals surface area contributed by atoms with Crippen LogP contribution < -0.4 is 4.90 Å². The van der Waals surface area contributed by atoms with Crippen LogP contribution in [0.15, 0.2) is 36.4 Å². The lowest BCUT2D eigenvalue weighted by Gasteiger charge is -2.26. The van der Waals surface area contributed by atoms with Crippen molar-refractivity contribution >= 4 is 17.5 Å². The van der Waals surface area contributed by atoms with Crippen molar-refractivity contribution in [2.45, 2.75) is 18.1 Å². The van der Waals surface area contributed by atoms with Crippen LogP contribution in [0.3, 0.4) is 0 Å². The van der Waals surface area contributed by atoms with Gasteiger partial charge in [-0.1, -0.05) is 12.2 Å². The summed E-state index contributed by atoms with van der Waals surface area (Å²) >= 11 is 0. The normalized spacial score (nSPS) is 39.0. The number of halogens is 1. The van der Waals surface area contributed by atoms with Crippen LogP contribution in [0.25, 0.3) is 0 Å². The predicted molar refractivity (Wildman–Crippen MR) is 74.3 cm³/mol. The average molecular weight is 303 g/mol. The molecule has 2 fully saturated rings. The molecular weight excluding hydrogens is 289 g/mol. The number of aliphatic hydroxyl groups is 1. The highest BCUT2D eigenvalue weighted by molar-refractivity contribution is 6.23. The molecule has 2 amide bonds. The summed E-state index contributed by atoms with van der Waals surface area (Å²) in [7, 11) is 0. The lowest BCUT2D eigenvalue weighted by Crippen LogP contribution is -2.43. The first-order valence-electron chi connectivity index (χ1n) is 7.07. The molecule has 114 valence electrons. The first-order chi connectivity index (χ1) is 10.4. The van der Waals surface area contributed by atoms with Crippen molar-refractivity contribution in [3.05, 3.63) is 42.2 Å². The molecule has 0 radical (unpaired) electrons. The lowest BCUT2D eigenvalue weighted by molar-refractivity contribution is -0.131. The standard InChI is InChI=1S/C16H14FNO4/c1-15-6-7-16(8-19,22-15)12-11(15)13(20)18(14(12)21)10-4-2-9(17)3-5-10/h2-7,11-12,19H,8H2,1H3/t11-,12-,15-,16+/m1/s1. The van der Waals surface area contributed by atoms with E-state index >= 15 is 0 Å². The molecule has 4 atom stereocenters. The molecule has 5 nitrogen and oxygen atoms in total. The maximum Gasteiger partial charge on any atom is 0.241 e. The van der Waals surface area contributed by atoms with Crippen LogP contribution in [0.2, 0.25) is 0 Å². The van der Waals surface area contributed by atoms with Gasteiger partial charge in [-0.2, -0.15) is 0 Å². The van der Waals surface area contributed by atoms with Gasteiger partial charge in [-0.05, 0) is 31.2 Å². The summed E-state index contributed by atoms with van der Waals surface area (Å²) in [6.45, 7) is 1.38. The maximum atomic E-state index is 13.1. The number of nitrogens with zero attached hydrogens (tertiary/aromatic N) is 1. The number of amides is 2. The van der Waals surface area contributed by atoms with Crippen LogP contribution in [-0.4, -0.2) is 34.7 Å². The second-order valence-electron chi connectivity index (χ2n) is 6.18. The molecule has 22 heavy (non-hydrogen) atoms. The molecule has 3 heterocycles. The van der Waals surface area contributed by atoms with Gasteiger partial charge in [-0.25, -0.2) is 9.29 Å². The topological polar surface area (TPSA) is 66.8 Å². The van der Waals surface area contributed by atoms with E-state index in [0.717, 1.165) is 4.90 Å². The number of hydrogen-bond acceptors (Lipinski definition) is 4. The summed E-state index contributed by atoms with van der Waals surface area (Å²) < 4.78 is 18.9. The van der Waals surface area contributed by atoms with Crippen molar-refractivity contribution < 1.29 is 23.8 Å². The van der Waals surface area contributed by atoms with E-state index in [9.17, 15) is 19.1 Å². The SMILES string of the molecule is C[C@]12C=C[C@@](CO)(O1)[C@H]1C(=O)N(c3ccc(F)cc3)C(=O)[C@@H]12. The largest absolute Gasteiger partial charge is 0.393 e. The molecule has 2 bridgehead atoms. The van der Waals surface area contributed by atoms with Gasteiger partial charge in [0.25, 0.3) is 0 Å². The molecule has 3 aliphatic heterocycles. The molecule has 1 N–H and O–H groups in total. The number of ether oxygens (including phenoxy) is 1. The molecule has 0 unspecified atom stereocenters. The van der Waals surface area contributed by atoms with E-state index in [2.05, 4.69) is 0 Å². The fraction of sp³-hybridized carbons (Fsp3) is 0.375. The third-order valence-electron chi connectivity index (χ3n) is 4.89. The molecule has 0 aliphatic carbocycles. The summed E-state index contributed by atoms with van der Waals surface area (Å²) in [6.07, 6.45) is 3.41. The minimum atomic E-state index is -1.14. The molecule has 4 rings (SSSR count). The van der Waals surface area contributed by atoms with Gasteiger partial charge in [-0.15, -0.1) is 0 Å². The second-order valence-corrected chi connectivity index (χ2v) is 6.18. The fourth-order valence-corrected chi connectivity index (χ4v) is 3.89. The zero-order valence-electron chi connectivity index (χ0n) is 11.8. The van der Waals surface area contributed by atoms with E-state index in [1.165, 1.54) is 24.3 Å². The molecule has 0 aromatic heterocycles. The van der Waals surface area contributed by atoms with E-state index < -0.39 is 34.8 Å². The van der Waals surface area contributed by atoms with Crippen LogP contribution in [0.1, 0.15) is 6.92 Å². The Bertz CT molecular complexity index is 715. The third-order valence-corrected chi connectivity index (χ3v) is 4.89. The minimum Gasteiger partial charge on any atom is -0.393 e. The molecule has 0 spiro atoms. The Balaban J connectivity index is 1.80. The Hall–Kier alpha value is -2.05. The summed E-state index contributed by atoms with van der Waals surface area (Å²) in [5, 5.41) is 9.69. The smallest absolute Gasteiger partial charge is 0.241 e. The van der Waals surface area contributed by atoms with E-state index in [4.69, 9.17) is 4.74 Å². The van der Waals surface area contributed by atoms with Gasteiger partial charge in [0.05, 0.1) is 29.7 Å². The summed E-state index contributed by atoms with van der Waals surface area (Å²) in [5.41, 5.74) is -1.70. The highest BCUT2D eigenvalue weighted by Gasteiger charge is 2.72. The van der Waals surface area contributed by atoms with Gasteiger partial charge in [0, 0.05) is 0 Å². The highest BCUT2D eigenvalue weighted by atomic mass is 19.1. The van der Waals surface area contributed by atoms with E-state index in [0.29, 0.717) is 5.69 Å². The average Bonchev–Trinajstić information content (AvgIpc) is 3.07. The molecule has 1 aromatic carbocycles. The third kappa shape index (κ3) is 1.43. The Labute approximate surface area is 126 Å². The second kappa shape index (κ2) is 4.02. The highest BCUT2D eigenvalue weighted by Crippen LogP contribution is 2.57. The van der Waals surface area contributed by atoms with Gasteiger partial charge in [-0.3, -0.25) is 9.59 Å². The van der Waals surface area contributed by atoms with Crippen LogP contribution in [0.5, 0.6) is 0 Å². The van der Waals surface area contributed by atoms with Gasteiger partial charge in [0.1, 0.15) is 11.4 Å². The maximum absolute atomic E-state index is 13.1. The number of anilines is 1. The molecule has 6 heteroatoms. The van der Waals surface area contributed by atoms with Crippen molar-refractivity contribution in [2.24, 2.45) is 11.8 Å². The number of hydrogen-bond donors (Lipinski definition) is 1. The number of aliphatic hydroxyl groups excluding tert-OH is 1. The monoisotopic (exact) mass is 303 g/mol. The van der Waals surface area contributed by atoms with Crippen molar-refractivity contribution in [3.63, 3.8) is 0 Å². The molecule has 3 aliphatic rings. The van der Waals surface area contributed by atoms with Crippen LogP contribution in [0, 0.1) is 17.7 Å². The van der Waals surface area contributed by atoms with Gasteiger partial charge in [0.15, 0.2) is 0 Å². The van der Waals surface area contributed by atoms with Gasteiger partial charge >= 0.3 is 0 Å². The van der Waals surface area contributed by atoms with E-state index in [1.54, 1.807) is 19.1 Å². The number of benzene rings is 1. The minimum absolute atomic E-state index is 0.335. The number of carbonyl (C=O) groups is 2. The number of fused-ring (bicyclic) bond motifs is 5. The summed E-state index contributed by atoms with van der Waals surface area (Å²) in [6, 6.07) is 5.21. The molecule has 1 aromatic rings. The fourth-order valence-electron chi connectivity index (χ4n) is 3.89. The zero-order valence-corrected chi connectivity index (χ0v) is 11.8. The Morgan fingerprint density at radius 3 is 2.45 bits per heavy atom. The molecule has 2 saturated heterocycles. The van der Waals surface area contributed by atoms with Crippen molar-refractivity contribution in [1.82, 2.24) is 0 Å². The Morgan fingerprint density at radius 2 is 1.82 bits per heavy atom. The zero-order chi connectivity index (χ0) is 15.7. The molecule has 0 saturated carbocycles. The van der Waals surface area contributed by atoms with E-state index in [-0.39, 0.29) is 12.5 Å². The van der Waals surface area contributed by atoms with Crippen LogP contribution in [-0.2, 0) is 14.3 Å². The van der Waals surface area contributed by atoms with Crippen molar-refractivity contribution in [2.75, 3.05) is 11.5 Å². The first kappa shape index (κ1) is 13.6.